The first-order chi connectivity index (χ1) is 8.87. The van der Waals surface area contributed by atoms with E-state index in [1.165, 1.54) is 12.1 Å². The smallest absolute Gasteiger partial charge is 0.352 e. The molecule has 104 valence electrons. The number of carbonyl (C=O) groups is 1. The monoisotopic (exact) mass is 272 g/mol. The summed E-state index contributed by atoms with van der Waals surface area (Å²) in [5, 5.41) is 2.71. The van der Waals surface area contributed by atoms with Gasteiger partial charge in [-0.25, -0.2) is 0 Å². The lowest BCUT2D eigenvalue weighted by molar-refractivity contribution is -0.137. The second-order valence-electron chi connectivity index (χ2n) is 4.86. The van der Waals surface area contributed by atoms with Crippen molar-refractivity contribution in [2.75, 3.05) is 6.54 Å². The van der Waals surface area contributed by atoms with Crippen LogP contribution in [0.25, 0.3) is 0 Å². The SMILES string of the molecule is NCC1(C(=O)NCc2ccc(C(F)(F)F)cc2)CC1. The van der Waals surface area contributed by atoms with E-state index >= 15 is 0 Å². The molecule has 3 N–H and O–H groups in total. The molecule has 19 heavy (non-hydrogen) atoms. The van der Waals surface area contributed by atoms with Crippen LogP contribution in [-0.4, -0.2) is 12.5 Å². The van der Waals surface area contributed by atoms with Gasteiger partial charge < -0.3 is 11.1 Å². The zero-order valence-corrected chi connectivity index (χ0v) is 10.3. The van der Waals surface area contributed by atoms with Gasteiger partial charge in [-0.15, -0.1) is 0 Å². The second-order valence-corrected chi connectivity index (χ2v) is 4.86. The van der Waals surface area contributed by atoms with Crippen LogP contribution in [0.15, 0.2) is 24.3 Å². The fourth-order valence-corrected chi connectivity index (χ4v) is 1.86. The maximum absolute atomic E-state index is 12.4. The first-order valence-corrected chi connectivity index (χ1v) is 6.02. The summed E-state index contributed by atoms with van der Waals surface area (Å²) in [7, 11) is 0. The first kappa shape index (κ1) is 13.9. The summed E-state index contributed by atoms with van der Waals surface area (Å²) in [6.07, 6.45) is -2.77. The van der Waals surface area contributed by atoms with Crippen molar-refractivity contribution in [1.29, 1.82) is 0 Å². The first-order valence-electron chi connectivity index (χ1n) is 6.02. The van der Waals surface area contributed by atoms with Crippen LogP contribution in [0.3, 0.4) is 0 Å². The number of hydrogen-bond acceptors (Lipinski definition) is 2. The average Bonchev–Trinajstić information content (AvgIpc) is 3.16. The minimum Gasteiger partial charge on any atom is -0.352 e. The van der Waals surface area contributed by atoms with Gasteiger partial charge in [0.1, 0.15) is 0 Å². The lowest BCUT2D eigenvalue weighted by Crippen LogP contribution is -2.36. The summed E-state index contributed by atoms with van der Waals surface area (Å²) >= 11 is 0. The highest BCUT2D eigenvalue weighted by atomic mass is 19.4. The molecule has 1 fully saturated rings. The van der Waals surface area contributed by atoms with E-state index < -0.39 is 17.2 Å². The second kappa shape index (κ2) is 4.85. The Bertz CT molecular complexity index is 464. The van der Waals surface area contributed by atoms with Crippen molar-refractivity contribution in [1.82, 2.24) is 5.32 Å². The highest BCUT2D eigenvalue weighted by Gasteiger charge is 2.48. The Morgan fingerprint density at radius 3 is 2.26 bits per heavy atom. The molecule has 0 saturated heterocycles. The molecule has 0 bridgehead atoms. The summed E-state index contributed by atoms with van der Waals surface area (Å²) in [6, 6.07) is 4.75. The Morgan fingerprint density at radius 2 is 1.84 bits per heavy atom. The molecule has 0 spiro atoms. The summed E-state index contributed by atoms with van der Waals surface area (Å²) in [4.78, 5) is 11.8. The number of nitrogens with two attached hydrogens (primary N) is 1. The molecule has 1 aliphatic carbocycles. The van der Waals surface area contributed by atoms with E-state index in [1.54, 1.807) is 0 Å². The summed E-state index contributed by atoms with van der Waals surface area (Å²) < 4.78 is 37.1. The van der Waals surface area contributed by atoms with Gasteiger partial charge in [-0.05, 0) is 30.5 Å². The van der Waals surface area contributed by atoms with Gasteiger partial charge in [-0.2, -0.15) is 13.2 Å². The third kappa shape index (κ3) is 3.07. The summed E-state index contributed by atoms with van der Waals surface area (Å²) in [5.41, 5.74) is 5.02. The Labute approximate surface area is 109 Å². The topological polar surface area (TPSA) is 55.1 Å². The number of amides is 1. The van der Waals surface area contributed by atoms with Gasteiger partial charge in [0.15, 0.2) is 0 Å². The van der Waals surface area contributed by atoms with Crippen molar-refractivity contribution in [3.63, 3.8) is 0 Å². The highest BCUT2D eigenvalue weighted by Crippen LogP contribution is 2.44. The normalized spacial score (nSPS) is 17.1. The Balaban J connectivity index is 1.92. The molecule has 1 saturated carbocycles. The molecule has 0 aromatic heterocycles. The van der Waals surface area contributed by atoms with Crippen LogP contribution in [0, 0.1) is 5.41 Å². The van der Waals surface area contributed by atoms with Gasteiger partial charge in [0.05, 0.1) is 11.0 Å². The summed E-state index contributed by atoms with van der Waals surface area (Å²) in [6.45, 7) is 0.532. The van der Waals surface area contributed by atoms with E-state index in [-0.39, 0.29) is 12.5 Å². The van der Waals surface area contributed by atoms with Crippen LogP contribution in [0.5, 0.6) is 0 Å². The minimum absolute atomic E-state index is 0.116. The molecule has 0 unspecified atom stereocenters. The van der Waals surface area contributed by atoms with Crippen molar-refractivity contribution in [2.24, 2.45) is 11.1 Å². The molecule has 1 aliphatic rings. The van der Waals surface area contributed by atoms with Gasteiger partial charge in [0, 0.05) is 13.1 Å². The molecule has 0 heterocycles. The predicted octanol–water partition coefficient (Wildman–Crippen LogP) is 2.06. The van der Waals surface area contributed by atoms with E-state index in [4.69, 9.17) is 5.73 Å². The van der Waals surface area contributed by atoms with E-state index in [0.717, 1.165) is 25.0 Å². The molecule has 2 rings (SSSR count). The molecule has 3 nitrogen and oxygen atoms in total. The molecular weight excluding hydrogens is 257 g/mol. The Kier molecular flexibility index (Phi) is 3.54. The Hall–Kier alpha value is -1.56. The molecule has 6 heteroatoms. The molecule has 1 amide bonds. The quantitative estimate of drug-likeness (QED) is 0.881. The number of rotatable bonds is 4. The number of nitrogens with one attached hydrogen (secondary N) is 1. The molecular formula is C13H15F3N2O. The molecule has 0 radical (unpaired) electrons. The van der Waals surface area contributed by atoms with E-state index in [9.17, 15) is 18.0 Å². The fourth-order valence-electron chi connectivity index (χ4n) is 1.86. The zero-order valence-electron chi connectivity index (χ0n) is 10.3. The fraction of sp³-hybridized carbons (Fsp3) is 0.462. The molecule has 1 aromatic carbocycles. The standard InChI is InChI=1S/C13H15F3N2O/c14-13(15,16)10-3-1-9(2-4-10)7-18-11(19)12(8-17)5-6-12/h1-4H,5-8,17H2,(H,18,19). The van der Waals surface area contributed by atoms with Gasteiger partial charge in [-0.3, -0.25) is 4.79 Å². The minimum atomic E-state index is -4.33. The van der Waals surface area contributed by atoms with Gasteiger partial charge in [0.25, 0.3) is 0 Å². The van der Waals surface area contributed by atoms with Crippen LogP contribution in [0.4, 0.5) is 13.2 Å². The van der Waals surface area contributed by atoms with Crippen LogP contribution < -0.4 is 11.1 Å². The van der Waals surface area contributed by atoms with E-state index in [1.807, 2.05) is 0 Å². The number of halogens is 3. The van der Waals surface area contributed by atoms with Crippen LogP contribution in [0.2, 0.25) is 0 Å². The molecule has 1 aromatic rings. The maximum atomic E-state index is 12.4. The van der Waals surface area contributed by atoms with E-state index in [0.29, 0.717) is 12.1 Å². The van der Waals surface area contributed by atoms with Gasteiger partial charge >= 0.3 is 6.18 Å². The van der Waals surface area contributed by atoms with Crippen molar-refractivity contribution < 1.29 is 18.0 Å². The number of hydrogen-bond donors (Lipinski definition) is 2. The van der Waals surface area contributed by atoms with Crippen molar-refractivity contribution >= 4 is 5.91 Å². The molecule has 0 aliphatic heterocycles. The van der Waals surface area contributed by atoms with Gasteiger partial charge in [-0.1, -0.05) is 12.1 Å². The van der Waals surface area contributed by atoms with Crippen LogP contribution >= 0.6 is 0 Å². The van der Waals surface area contributed by atoms with Crippen molar-refractivity contribution in [3.05, 3.63) is 35.4 Å². The zero-order chi connectivity index (χ0) is 14.1. The lowest BCUT2D eigenvalue weighted by atomic mass is 10.1. The lowest BCUT2D eigenvalue weighted by Gasteiger charge is -2.13. The number of benzene rings is 1. The average molecular weight is 272 g/mol. The summed E-state index contributed by atoms with van der Waals surface area (Å²) in [5.74, 6) is -0.116. The van der Waals surface area contributed by atoms with Crippen LogP contribution in [0.1, 0.15) is 24.0 Å². The largest absolute Gasteiger partial charge is 0.416 e. The number of carbonyl (C=O) groups excluding carboxylic acids is 1. The van der Waals surface area contributed by atoms with Crippen molar-refractivity contribution in [2.45, 2.75) is 25.6 Å². The highest BCUT2D eigenvalue weighted by molar-refractivity contribution is 5.85. The van der Waals surface area contributed by atoms with Gasteiger partial charge in [0.2, 0.25) is 5.91 Å². The third-order valence-corrected chi connectivity index (χ3v) is 3.46. The number of alkyl halides is 3. The third-order valence-electron chi connectivity index (χ3n) is 3.46. The van der Waals surface area contributed by atoms with Crippen LogP contribution in [-0.2, 0) is 17.5 Å². The predicted molar refractivity (Wildman–Crippen MR) is 64.0 cm³/mol. The van der Waals surface area contributed by atoms with E-state index in [2.05, 4.69) is 5.32 Å². The molecule has 0 atom stereocenters. The maximum Gasteiger partial charge on any atom is 0.416 e. The van der Waals surface area contributed by atoms with Crippen molar-refractivity contribution in [3.8, 4) is 0 Å². The Morgan fingerprint density at radius 1 is 1.26 bits per heavy atom.